The van der Waals surface area contributed by atoms with Gasteiger partial charge in [0.1, 0.15) is 11.8 Å². The summed E-state index contributed by atoms with van der Waals surface area (Å²) in [4.78, 5) is 13.9. The number of anilines is 1. The smallest absolute Gasteiger partial charge is 0.248 e. The molecule has 0 spiro atoms. The van der Waals surface area contributed by atoms with Crippen molar-refractivity contribution in [3.8, 4) is 5.75 Å². The number of nitrogens with two attached hydrogens (primary N) is 1. The molecule has 1 aromatic rings. The molecule has 0 bridgehead atoms. The molecule has 1 unspecified atom stereocenters. The van der Waals surface area contributed by atoms with Gasteiger partial charge in [0.2, 0.25) is 5.91 Å². The first-order valence-corrected chi connectivity index (χ1v) is 6.44. The molecular formula is C14H21ClN2O2. The predicted molar refractivity (Wildman–Crippen MR) is 79.0 cm³/mol. The molecule has 1 heterocycles. The number of ether oxygens (including phenoxy) is 1. The third kappa shape index (κ3) is 2.85. The number of amides is 1. The first kappa shape index (κ1) is 15.8. The Morgan fingerprint density at radius 1 is 1.37 bits per heavy atom. The van der Waals surface area contributed by atoms with Crippen LogP contribution < -0.4 is 15.4 Å². The molecule has 0 saturated carbocycles. The predicted octanol–water partition coefficient (Wildman–Crippen LogP) is 2.65. The third-order valence-corrected chi connectivity index (χ3v) is 3.37. The Kier molecular flexibility index (Phi) is 5.63. The highest BCUT2D eigenvalue weighted by atomic mass is 35.5. The van der Waals surface area contributed by atoms with E-state index in [-0.39, 0.29) is 18.3 Å². The second kappa shape index (κ2) is 6.78. The maximum atomic E-state index is 12.2. The highest BCUT2D eigenvalue weighted by Crippen LogP contribution is 2.41. The molecule has 1 aliphatic rings. The van der Waals surface area contributed by atoms with E-state index in [0.717, 1.165) is 36.3 Å². The first-order valence-electron chi connectivity index (χ1n) is 6.44. The lowest BCUT2D eigenvalue weighted by atomic mass is 10.1. The standard InChI is InChI=1S/C14H20N2O2.ClH/c1-3-4-5-9-16-13-10(12(15)14(16)17)7-6-8-11(13)18-2;/h6-8,12H,3-5,9,15H2,1-2H3;1H. The molecule has 1 aromatic carbocycles. The maximum Gasteiger partial charge on any atom is 0.248 e. The largest absolute Gasteiger partial charge is 0.495 e. The van der Waals surface area contributed by atoms with E-state index in [9.17, 15) is 4.79 Å². The van der Waals surface area contributed by atoms with Crippen LogP contribution in [0.2, 0.25) is 0 Å². The van der Waals surface area contributed by atoms with Crippen LogP contribution in [0, 0.1) is 0 Å². The molecule has 0 aliphatic carbocycles. The van der Waals surface area contributed by atoms with E-state index in [1.807, 2.05) is 18.2 Å². The van der Waals surface area contributed by atoms with Crippen LogP contribution in [0.1, 0.15) is 37.8 Å². The lowest BCUT2D eigenvalue weighted by Gasteiger charge is -2.19. The number of benzene rings is 1. The summed E-state index contributed by atoms with van der Waals surface area (Å²) in [6, 6.07) is 5.11. The first-order chi connectivity index (χ1) is 8.70. The molecule has 2 N–H and O–H groups in total. The van der Waals surface area contributed by atoms with E-state index in [1.54, 1.807) is 12.0 Å². The van der Waals surface area contributed by atoms with Gasteiger partial charge in [-0.1, -0.05) is 31.9 Å². The summed E-state index contributed by atoms with van der Waals surface area (Å²) in [5.41, 5.74) is 7.69. The number of carbonyl (C=O) groups excluding carboxylic acids is 1. The molecule has 1 amide bonds. The van der Waals surface area contributed by atoms with E-state index < -0.39 is 6.04 Å². The number of carbonyl (C=O) groups is 1. The molecule has 0 aromatic heterocycles. The number of unbranched alkanes of at least 4 members (excludes halogenated alkanes) is 2. The minimum Gasteiger partial charge on any atom is -0.495 e. The molecule has 0 fully saturated rings. The zero-order chi connectivity index (χ0) is 13.1. The molecule has 19 heavy (non-hydrogen) atoms. The summed E-state index contributed by atoms with van der Waals surface area (Å²) in [6.45, 7) is 2.86. The maximum absolute atomic E-state index is 12.2. The second-order valence-corrected chi connectivity index (χ2v) is 4.57. The third-order valence-electron chi connectivity index (χ3n) is 3.37. The normalized spacial score (nSPS) is 17.1. The summed E-state index contributed by atoms with van der Waals surface area (Å²) >= 11 is 0. The van der Waals surface area contributed by atoms with Crippen LogP contribution >= 0.6 is 12.4 Å². The van der Waals surface area contributed by atoms with Crippen molar-refractivity contribution in [1.82, 2.24) is 0 Å². The number of fused-ring (bicyclic) bond motifs is 1. The number of hydrogen-bond donors (Lipinski definition) is 1. The van der Waals surface area contributed by atoms with Crippen LogP contribution in [0.5, 0.6) is 5.75 Å². The van der Waals surface area contributed by atoms with E-state index >= 15 is 0 Å². The van der Waals surface area contributed by atoms with Gasteiger partial charge in [-0.3, -0.25) is 4.79 Å². The molecule has 1 aliphatic heterocycles. The van der Waals surface area contributed by atoms with Crippen molar-refractivity contribution in [3.63, 3.8) is 0 Å². The monoisotopic (exact) mass is 284 g/mol. The van der Waals surface area contributed by atoms with Crippen LogP contribution in [0.3, 0.4) is 0 Å². The molecule has 1 atom stereocenters. The highest BCUT2D eigenvalue weighted by Gasteiger charge is 2.36. The van der Waals surface area contributed by atoms with Gasteiger partial charge in [-0.05, 0) is 12.5 Å². The van der Waals surface area contributed by atoms with Crippen molar-refractivity contribution in [2.75, 3.05) is 18.6 Å². The zero-order valence-electron chi connectivity index (χ0n) is 11.4. The fourth-order valence-electron chi connectivity index (χ4n) is 2.40. The van der Waals surface area contributed by atoms with Gasteiger partial charge in [-0.25, -0.2) is 0 Å². The molecule has 4 nitrogen and oxygen atoms in total. The number of rotatable bonds is 5. The average Bonchev–Trinajstić information content (AvgIpc) is 2.64. The van der Waals surface area contributed by atoms with Crippen molar-refractivity contribution in [2.45, 2.75) is 32.2 Å². The van der Waals surface area contributed by atoms with Crippen LogP contribution in [0.4, 0.5) is 5.69 Å². The molecule has 5 heteroatoms. The quantitative estimate of drug-likeness (QED) is 0.846. The summed E-state index contributed by atoms with van der Waals surface area (Å²) in [5.74, 6) is 0.705. The Labute approximate surface area is 120 Å². The lowest BCUT2D eigenvalue weighted by molar-refractivity contribution is -0.119. The summed E-state index contributed by atoms with van der Waals surface area (Å²) in [5, 5.41) is 0. The fourth-order valence-corrected chi connectivity index (χ4v) is 2.40. The van der Waals surface area contributed by atoms with Gasteiger partial charge < -0.3 is 15.4 Å². The van der Waals surface area contributed by atoms with E-state index in [2.05, 4.69) is 6.92 Å². The van der Waals surface area contributed by atoms with Crippen molar-refractivity contribution in [3.05, 3.63) is 23.8 Å². The van der Waals surface area contributed by atoms with Gasteiger partial charge in [-0.2, -0.15) is 0 Å². The van der Waals surface area contributed by atoms with Crippen molar-refractivity contribution < 1.29 is 9.53 Å². The topological polar surface area (TPSA) is 55.6 Å². The van der Waals surface area contributed by atoms with Gasteiger partial charge in [0.05, 0.1) is 12.8 Å². The van der Waals surface area contributed by atoms with Crippen LogP contribution in [0.25, 0.3) is 0 Å². The number of halogens is 1. The van der Waals surface area contributed by atoms with Gasteiger partial charge in [0.25, 0.3) is 0 Å². The van der Waals surface area contributed by atoms with Crippen LogP contribution in [-0.2, 0) is 4.79 Å². The Balaban J connectivity index is 0.00000180. The molecule has 106 valence electrons. The van der Waals surface area contributed by atoms with Crippen molar-refractivity contribution in [2.24, 2.45) is 5.73 Å². The van der Waals surface area contributed by atoms with Crippen molar-refractivity contribution >= 4 is 24.0 Å². The van der Waals surface area contributed by atoms with Crippen molar-refractivity contribution in [1.29, 1.82) is 0 Å². The Morgan fingerprint density at radius 3 is 2.74 bits per heavy atom. The second-order valence-electron chi connectivity index (χ2n) is 4.57. The minimum atomic E-state index is -0.545. The van der Waals surface area contributed by atoms with E-state index in [4.69, 9.17) is 10.5 Å². The van der Waals surface area contributed by atoms with E-state index in [1.165, 1.54) is 0 Å². The summed E-state index contributed by atoms with van der Waals surface area (Å²) < 4.78 is 5.34. The van der Waals surface area contributed by atoms with Gasteiger partial charge >= 0.3 is 0 Å². The SMILES string of the molecule is CCCCCN1C(=O)C(N)c2cccc(OC)c21.Cl. The van der Waals surface area contributed by atoms with Gasteiger partial charge in [-0.15, -0.1) is 12.4 Å². The van der Waals surface area contributed by atoms with E-state index in [0.29, 0.717) is 6.54 Å². The number of methoxy groups -OCH3 is 1. The van der Waals surface area contributed by atoms with Crippen LogP contribution in [-0.4, -0.2) is 19.6 Å². The Bertz CT molecular complexity index is 451. The van der Waals surface area contributed by atoms with Crippen LogP contribution in [0.15, 0.2) is 18.2 Å². The molecule has 0 saturated heterocycles. The summed E-state index contributed by atoms with van der Waals surface area (Å²) in [7, 11) is 1.62. The molecular weight excluding hydrogens is 264 g/mol. The lowest BCUT2D eigenvalue weighted by Crippen LogP contribution is -2.32. The molecule has 2 rings (SSSR count). The summed E-state index contributed by atoms with van der Waals surface area (Å²) in [6.07, 6.45) is 3.24. The fraction of sp³-hybridized carbons (Fsp3) is 0.500. The Morgan fingerprint density at radius 2 is 2.11 bits per heavy atom. The van der Waals surface area contributed by atoms with Gasteiger partial charge in [0, 0.05) is 12.1 Å². The zero-order valence-corrected chi connectivity index (χ0v) is 12.2. The number of para-hydroxylation sites is 1. The van der Waals surface area contributed by atoms with Gasteiger partial charge in [0.15, 0.2) is 0 Å². The average molecular weight is 285 g/mol. The minimum absolute atomic E-state index is 0. The highest BCUT2D eigenvalue weighted by molar-refractivity contribution is 6.06. The number of hydrogen-bond acceptors (Lipinski definition) is 3. The number of nitrogens with zero attached hydrogens (tertiary/aromatic N) is 1. The molecule has 0 radical (unpaired) electrons. The Hall–Kier alpha value is -1.26.